The fraction of sp³-hybridized carbons (Fsp3) is 0.304. The summed E-state index contributed by atoms with van der Waals surface area (Å²) in [7, 11) is 0. The average molecular weight is 458 g/mol. The van der Waals surface area contributed by atoms with E-state index in [4.69, 9.17) is 9.47 Å². The molecule has 3 aromatic rings. The highest BCUT2D eigenvalue weighted by Crippen LogP contribution is 2.38. The minimum atomic E-state index is -1.10. The molecule has 0 amide bonds. The van der Waals surface area contributed by atoms with E-state index in [-0.39, 0.29) is 13.2 Å². The van der Waals surface area contributed by atoms with Crippen LogP contribution < -0.4 is 0 Å². The summed E-state index contributed by atoms with van der Waals surface area (Å²) < 4.78 is 11.5. The monoisotopic (exact) mass is 457 g/mol. The van der Waals surface area contributed by atoms with Crippen LogP contribution in [-0.4, -0.2) is 30.1 Å². The second-order valence-electron chi connectivity index (χ2n) is 6.80. The molecule has 29 heavy (non-hydrogen) atoms. The zero-order valence-electron chi connectivity index (χ0n) is 16.7. The Hall–Kier alpha value is -2.60. The Balaban J connectivity index is 2.22. The number of carbonyl (C=O) groups is 2. The molecule has 1 aromatic heterocycles. The Morgan fingerprint density at radius 2 is 1.62 bits per heavy atom. The lowest BCUT2D eigenvalue weighted by Gasteiger charge is -2.25. The second kappa shape index (κ2) is 9.27. The molecular formula is C23H24BrNO4. The maximum absolute atomic E-state index is 12.9. The Bertz CT molecular complexity index is 991. The lowest BCUT2D eigenvalue weighted by Crippen LogP contribution is -2.34. The number of benzene rings is 2. The molecule has 1 atom stereocenters. The van der Waals surface area contributed by atoms with E-state index < -0.39 is 23.8 Å². The summed E-state index contributed by atoms with van der Waals surface area (Å²) >= 11 is 3.45. The van der Waals surface area contributed by atoms with Gasteiger partial charge >= 0.3 is 11.9 Å². The van der Waals surface area contributed by atoms with Crippen molar-refractivity contribution in [3.05, 3.63) is 69.8 Å². The molecule has 152 valence electrons. The average Bonchev–Trinajstić information content (AvgIpc) is 3.09. The Kier molecular flexibility index (Phi) is 6.75. The summed E-state index contributed by atoms with van der Waals surface area (Å²) in [5.74, 6) is -2.81. The number of fused-ring (bicyclic) bond motifs is 1. The van der Waals surface area contributed by atoms with Crippen LogP contribution in [0.2, 0.25) is 0 Å². The van der Waals surface area contributed by atoms with Gasteiger partial charge in [-0.05, 0) is 56.2 Å². The molecule has 0 aliphatic carbocycles. The van der Waals surface area contributed by atoms with Crippen LogP contribution in [0, 0.1) is 12.8 Å². The van der Waals surface area contributed by atoms with E-state index in [1.165, 1.54) is 0 Å². The number of H-pyrrole nitrogens is 1. The summed E-state index contributed by atoms with van der Waals surface area (Å²) in [6, 6.07) is 13.7. The van der Waals surface area contributed by atoms with Crippen molar-refractivity contribution in [3.63, 3.8) is 0 Å². The van der Waals surface area contributed by atoms with E-state index in [1.807, 2.05) is 49.5 Å². The molecule has 0 fully saturated rings. The summed E-state index contributed by atoms with van der Waals surface area (Å²) in [4.78, 5) is 29.1. The molecule has 0 radical (unpaired) electrons. The third-order valence-corrected chi connectivity index (χ3v) is 5.38. The number of halogens is 1. The highest BCUT2D eigenvalue weighted by Gasteiger charge is 2.40. The number of ether oxygens (including phenoxy) is 2. The summed E-state index contributed by atoms with van der Waals surface area (Å²) in [5, 5.41) is 0.969. The van der Waals surface area contributed by atoms with E-state index >= 15 is 0 Å². The second-order valence-corrected chi connectivity index (χ2v) is 7.72. The van der Waals surface area contributed by atoms with Crippen molar-refractivity contribution >= 4 is 38.8 Å². The number of nitrogens with one attached hydrogen (secondary N) is 1. The third-order valence-electron chi connectivity index (χ3n) is 4.85. The van der Waals surface area contributed by atoms with Gasteiger partial charge in [-0.3, -0.25) is 9.59 Å². The lowest BCUT2D eigenvalue weighted by atomic mass is 9.80. The van der Waals surface area contributed by atoms with E-state index in [0.29, 0.717) is 0 Å². The van der Waals surface area contributed by atoms with Gasteiger partial charge in [0.1, 0.15) is 0 Å². The Labute approximate surface area is 178 Å². The molecule has 5 nitrogen and oxygen atoms in total. The smallest absolute Gasteiger partial charge is 0.321 e. The molecule has 2 aromatic carbocycles. The molecule has 0 saturated heterocycles. The first-order chi connectivity index (χ1) is 14.0. The molecule has 0 aliphatic heterocycles. The number of aromatic nitrogens is 1. The van der Waals surface area contributed by atoms with Crippen LogP contribution in [0.4, 0.5) is 0 Å². The van der Waals surface area contributed by atoms with Crippen LogP contribution in [0.25, 0.3) is 10.9 Å². The number of aryl methyl sites for hydroxylation is 1. The molecule has 0 bridgehead atoms. The van der Waals surface area contributed by atoms with E-state index in [2.05, 4.69) is 27.0 Å². The molecule has 0 spiro atoms. The molecule has 3 rings (SSSR count). The van der Waals surface area contributed by atoms with Crippen LogP contribution in [-0.2, 0) is 19.1 Å². The fourth-order valence-corrected chi connectivity index (χ4v) is 3.83. The van der Waals surface area contributed by atoms with Crippen molar-refractivity contribution in [2.75, 3.05) is 13.2 Å². The first-order valence-corrected chi connectivity index (χ1v) is 10.4. The van der Waals surface area contributed by atoms with Gasteiger partial charge < -0.3 is 14.5 Å². The molecule has 6 heteroatoms. The van der Waals surface area contributed by atoms with Crippen molar-refractivity contribution in [2.45, 2.75) is 26.7 Å². The predicted octanol–water partition coefficient (Wildman–Crippen LogP) is 5.11. The standard InChI is InChI=1S/C23H24BrNO4/c1-4-28-22(26)21(23(27)29-5-2)20(15-7-9-16(24)10-8-15)18-13-25-19-11-6-14(3)12-17(18)19/h6-13,20-21,25H,4-5H2,1-3H3/t20-/m0/s1. The largest absolute Gasteiger partial charge is 0.465 e. The minimum absolute atomic E-state index is 0.189. The van der Waals surface area contributed by atoms with Gasteiger partial charge in [-0.1, -0.05) is 39.7 Å². The van der Waals surface area contributed by atoms with Crippen LogP contribution in [0.15, 0.2) is 53.1 Å². The molecule has 0 saturated carbocycles. The van der Waals surface area contributed by atoms with Gasteiger partial charge in [0.25, 0.3) is 0 Å². The van der Waals surface area contributed by atoms with Crippen LogP contribution in [0.3, 0.4) is 0 Å². The number of hydrogen-bond acceptors (Lipinski definition) is 4. The van der Waals surface area contributed by atoms with Gasteiger partial charge in [0.05, 0.1) is 13.2 Å². The van der Waals surface area contributed by atoms with Crippen molar-refractivity contribution in [2.24, 2.45) is 5.92 Å². The number of aromatic amines is 1. The van der Waals surface area contributed by atoms with Crippen molar-refractivity contribution in [1.29, 1.82) is 0 Å². The summed E-state index contributed by atoms with van der Waals surface area (Å²) in [5.41, 5.74) is 3.73. The lowest BCUT2D eigenvalue weighted by molar-refractivity contribution is -0.162. The van der Waals surface area contributed by atoms with Gasteiger partial charge in [-0.25, -0.2) is 0 Å². The fourth-order valence-electron chi connectivity index (χ4n) is 3.57. The number of rotatable bonds is 7. The highest BCUT2D eigenvalue weighted by molar-refractivity contribution is 9.10. The van der Waals surface area contributed by atoms with Crippen LogP contribution in [0.5, 0.6) is 0 Å². The molecule has 0 aliphatic rings. The number of esters is 2. The SMILES string of the molecule is CCOC(=O)C(C(=O)OCC)[C@@H](c1ccc(Br)cc1)c1c[nH]c2ccc(C)cc12. The van der Waals surface area contributed by atoms with E-state index in [0.717, 1.165) is 32.1 Å². The quantitative estimate of drug-likeness (QED) is 0.395. The maximum atomic E-state index is 12.9. The Morgan fingerprint density at radius 1 is 1.00 bits per heavy atom. The molecule has 1 N–H and O–H groups in total. The third kappa shape index (κ3) is 4.53. The molecule has 0 unspecified atom stereocenters. The maximum Gasteiger partial charge on any atom is 0.321 e. The number of hydrogen-bond donors (Lipinski definition) is 1. The van der Waals surface area contributed by atoms with Gasteiger partial charge in [0.2, 0.25) is 0 Å². The Morgan fingerprint density at radius 3 is 2.21 bits per heavy atom. The van der Waals surface area contributed by atoms with Crippen molar-refractivity contribution in [1.82, 2.24) is 4.98 Å². The summed E-state index contributed by atoms with van der Waals surface area (Å²) in [6.45, 7) is 5.84. The first kappa shape index (κ1) is 21.1. The predicted molar refractivity (Wildman–Crippen MR) is 116 cm³/mol. The van der Waals surface area contributed by atoms with E-state index in [9.17, 15) is 9.59 Å². The van der Waals surface area contributed by atoms with Gasteiger partial charge in [0.15, 0.2) is 5.92 Å². The zero-order chi connectivity index (χ0) is 21.0. The van der Waals surface area contributed by atoms with E-state index in [1.54, 1.807) is 13.8 Å². The van der Waals surface area contributed by atoms with Gasteiger partial charge in [-0.2, -0.15) is 0 Å². The van der Waals surface area contributed by atoms with Crippen molar-refractivity contribution < 1.29 is 19.1 Å². The van der Waals surface area contributed by atoms with Crippen LogP contribution >= 0.6 is 15.9 Å². The summed E-state index contributed by atoms with van der Waals surface area (Å²) in [6.07, 6.45) is 1.86. The number of carbonyl (C=O) groups excluding carboxylic acids is 2. The first-order valence-electron chi connectivity index (χ1n) is 9.62. The highest BCUT2D eigenvalue weighted by atomic mass is 79.9. The van der Waals surface area contributed by atoms with Gasteiger partial charge in [0, 0.05) is 27.5 Å². The normalized spacial score (nSPS) is 12.2. The van der Waals surface area contributed by atoms with Gasteiger partial charge in [-0.15, -0.1) is 0 Å². The van der Waals surface area contributed by atoms with Crippen molar-refractivity contribution in [3.8, 4) is 0 Å². The molecular weight excluding hydrogens is 434 g/mol. The zero-order valence-corrected chi connectivity index (χ0v) is 18.3. The minimum Gasteiger partial charge on any atom is -0.465 e. The topological polar surface area (TPSA) is 68.4 Å². The van der Waals surface area contributed by atoms with Crippen LogP contribution in [0.1, 0.15) is 36.5 Å². The molecule has 1 heterocycles.